The van der Waals surface area contributed by atoms with Crippen molar-refractivity contribution in [2.75, 3.05) is 53.9 Å². The zero-order valence-corrected chi connectivity index (χ0v) is 19.5. The molecule has 1 N–H and O–H groups in total. The standard InChI is InChI=1S/C27H39N3O/c1-28-23-27(24-12-6-4-7-13-24,25-14-8-5-9-15-25)17-10-11-19-30(2,3)20-16-26-22-29-18-21-31-26/h4-9,12-15,26,29H,10-11,16-22H2,1-3H3/q+2. The summed E-state index contributed by atoms with van der Waals surface area (Å²) in [4.78, 5) is 4.40. The molecule has 2 aromatic rings. The molecule has 0 spiro atoms. The Hall–Kier alpha value is -2.19. The molecule has 0 amide bonds. The molecule has 0 saturated carbocycles. The smallest absolute Gasteiger partial charge is 0.288 e. The molecule has 3 rings (SSSR count). The Kier molecular flexibility index (Phi) is 8.66. The summed E-state index contributed by atoms with van der Waals surface area (Å²) < 4.78 is 6.91. The van der Waals surface area contributed by atoms with Crippen LogP contribution in [0.15, 0.2) is 60.7 Å². The molecular formula is C27H39N3O+2. The van der Waals surface area contributed by atoms with Crippen LogP contribution in [0.2, 0.25) is 0 Å². The number of nitrogens with one attached hydrogen (secondary N) is 1. The first-order valence-corrected chi connectivity index (χ1v) is 11.7. The first-order chi connectivity index (χ1) is 15.1. The fraction of sp³-hybridized carbons (Fsp3) is 0.519. The van der Waals surface area contributed by atoms with Gasteiger partial charge in [0.25, 0.3) is 13.1 Å². The fourth-order valence-corrected chi connectivity index (χ4v) is 4.62. The number of morpholine rings is 1. The number of quaternary nitrogens is 1. The van der Waals surface area contributed by atoms with E-state index >= 15 is 0 Å². The Morgan fingerprint density at radius 1 is 1.00 bits per heavy atom. The monoisotopic (exact) mass is 421 g/mol. The molecule has 4 nitrogen and oxygen atoms in total. The van der Waals surface area contributed by atoms with Gasteiger partial charge in [0.15, 0.2) is 5.41 Å². The van der Waals surface area contributed by atoms with Gasteiger partial charge in [-0.25, -0.2) is 0 Å². The van der Waals surface area contributed by atoms with Gasteiger partial charge in [0, 0.05) is 19.5 Å². The molecule has 1 atom stereocenters. The van der Waals surface area contributed by atoms with Crippen LogP contribution in [0.5, 0.6) is 0 Å². The Morgan fingerprint density at radius 3 is 2.19 bits per heavy atom. The van der Waals surface area contributed by atoms with E-state index in [-0.39, 0.29) is 5.41 Å². The summed E-state index contributed by atoms with van der Waals surface area (Å²) in [5.41, 5.74) is 2.24. The highest BCUT2D eigenvalue weighted by Crippen LogP contribution is 2.37. The SMILES string of the molecule is C[N+]#CC(CCCC[N+](C)(C)CCC1CNCCO1)(c1ccccc1)c1ccccc1. The molecular weight excluding hydrogens is 382 g/mol. The van der Waals surface area contributed by atoms with Gasteiger partial charge in [-0.2, -0.15) is 0 Å². The third kappa shape index (κ3) is 6.64. The summed E-state index contributed by atoms with van der Waals surface area (Å²) in [6, 6.07) is 25.0. The summed E-state index contributed by atoms with van der Waals surface area (Å²) in [5.74, 6) is 0. The van der Waals surface area contributed by atoms with Crippen LogP contribution in [0.1, 0.15) is 36.8 Å². The Labute approximate surface area is 188 Å². The molecule has 31 heavy (non-hydrogen) atoms. The quantitative estimate of drug-likeness (QED) is 0.449. The third-order valence-corrected chi connectivity index (χ3v) is 6.46. The molecule has 1 aliphatic rings. The molecule has 1 heterocycles. The van der Waals surface area contributed by atoms with Gasteiger partial charge < -0.3 is 14.5 Å². The Morgan fingerprint density at radius 2 is 1.65 bits per heavy atom. The van der Waals surface area contributed by atoms with Gasteiger partial charge in [0.2, 0.25) is 0 Å². The molecule has 1 saturated heterocycles. The number of ether oxygens (including phenoxy) is 1. The number of hydrogen-bond donors (Lipinski definition) is 1. The topological polar surface area (TPSA) is 25.6 Å². The van der Waals surface area contributed by atoms with Gasteiger partial charge in [0.1, 0.15) is 0 Å². The highest BCUT2D eigenvalue weighted by molar-refractivity contribution is 5.46. The van der Waals surface area contributed by atoms with E-state index in [0.717, 1.165) is 50.0 Å². The van der Waals surface area contributed by atoms with Gasteiger partial charge in [-0.05, 0) is 30.4 Å². The maximum absolute atomic E-state index is 5.88. The number of unbranched alkanes of at least 4 members (excludes halogenated alkanes) is 1. The summed E-state index contributed by atoms with van der Waals surface area (Å²) in [6.07, 6.45) is 4.81. The van der Waals surface area contributed by atoms with Crippen molar-refractivity contribution in [3.63, 3.8) is 0 Å². The summed E-state index contributed by atoms with van der Waals surface area (Å²) in [5, 5.41) is 3.44. The maximum Gasteiger partial charge on any atom is 0.288 e. The van der Waals surface area contributed by atoms with Crippen molar-refractivity contribution < 1.29 is 9.22 Å². The number of hydrogen-bond acceptors (Lipinski definition) is 2. The van der Waals surface area contributed by atoms with Crippen LogP contribution in [0.3, 0.4) is 0 Å². The van der Waals surface area contributed by atoms with Crippen LogP contribution < -0.4 is 5.32 Å². The third-order valence-electron chi connectivity index (χ3n) is 6.46. The lowest BCUT2D eigenvalue weighted by atomic mass is 9.72. The van der Waals surface area contributed by atoms with E-state index in [9.17, 15) is 0 Å². The summed E-state index contributed by atoms with van der Waals surface area (Å²) >= 11 is 0. The van der Waals surface area contributed by atoms with Crippen molar-refractivity contribution in [2.24, 2.45) is 0 Å². The lowest BCUT2D eigenvalue weighted by molar-refractivity contribution is -0.891. The Bertz CT molecular complexity index is 794. The molecule has 1 fully saturated rings. The van der Waals surface area contributed by atoms with Crippen LogP contribution >= 0.6 is 0 Å². The molecule has 4 heteroatoms. The van der Waals surface area contributed by atoms with Crippen molar-refractivity contribution in [3.05, 3.63) is 76.6 Å². The highest BCUT2D eigenvalue weighted by atomic mass is 16.5. The van der Waals surface area contributed by atoms with Crippen molar-refractivity contribution in [1.29, 1.82) is 0 Å². The predicted octanol–water partition coefficient (Wildman–Crippen LogP) is 4.56. The minimum absolute atomic E-state index is 0.296. The summed E-state index contributed by atoms with van der Waals surface area (Å²) in [6.45, 7) is 5.13. The first kappa shape index (κ1) is 23.5. The second kappa shape index (κ2) is 11.4. The zero-order chi connectivity index (χ0) is 22.0. The molecule has 166 valence electrons. The molecule has 2 aromatic carbocycles. The normalized spacial score (nSPS) is 17.1. The number of benzene rings is 2. The minimum atomic E-state index is -0.296. The highest BCUT2D eigenvalue weighted by Gasteiger charge is 2.38. The van der Waals surface area contributed by atoms with E-state index in [0.29, 0.717) is 6.10 Å². The molecule has 0 aliphatic carbocycles. The average molecular weight is 422 g/mol. The van der Waals surface area contributed by atoms with Crippen LogP contribution in [0, 0.1) is 6.07 Å². The molecule has 0 bridgehead atoms. The van der Waals surface area contributed by atoms with E-state index < -0.39 is 0 Å². The molecule has 1 unspecified atom stereocenters. The maximum atomic E-state index is 5.88. The van der Waals surface area contributed by atoms with Gasteiger partial charge in [-0.3, -0.25) is 0 Å². The van der Waals surface area contributed by atoms with Gasteiger partial charge in [-0.1, -0.05) is 65.5 Å². The van der Waals surface area contributed by atoms with E-state index in [4.69, 9.17) is 4.74 Å². The van der Waals surface area contributed by atoms with Crippen molar-refractivity contribution >= 4 is 0 Å². The van der Waals surface area contributed by atoms with Crippen molar-refractivity contribution in [3.8, 4) is 6.07 Å². The molecule has 0 radical (unpaired) electrons. The first-order valence-electron chi connectivity index (χ1n) is 11.7. The predicted molar refractivity (Wildman–Crippen MR) is 130 cm³/mol. The second-order valence-corrected chi connectivity index (χ2v) is 9.30. The fourth-order valence-electron chi connectivity index (χ4n) is 4.62. The van der Waals surface area contributed by atoms with Crippen molar-refractivity contribution in [2.45, 2.75) is 37.2 Å². The van der Waals surface area contributed by atoms with Crippen molar-refractivity contribution in [1.82, 2.24) is 5.32 Å². The van der Waals surface area contributed by atoms with E-state index in [1.165, 1.54) is 24.1 Å². The lowest BCUT2D eigenvalue weighted by Gasteiger charge is -2.33. The largest absolute Gasteiger partial charge is 0.375 e. The Balaban J connectivity index is 1.63. The zero-order valence-electron chi connectivity index (χ0n) is 19.5. The van der Waals surface area contributed by atoms with Gasteiger partial charge >= 0.3 is 0 Å². The minimum Gasteiger partial charge on any atom is -0.375 e. The van der Waals surface area contributed by atoms with Crippen LogP contribution in [-0.4, -0.2) is 64.5 Å². The van der Waals surface area contributed by atoms with Crippen LogP contribution in [0.25, 0.3) is 4.85 Å². The number of rotatable bonds is 10. The van der Waals surface area contributed by atoms with Crippen LogP contribution in [0.4, 0.5) is 0 Å². The number of nitrogens with zero attached hydrogens (tertiary/aromatic N) is 2. The van der Waals surface area contributed by atoms with E-state index in [1.54, 1.807) is 0 Å². The van der Waals surface area contributed by atoms with E-state index in [2.05, 4.69) is 91.0 Å². The van der Waals surface area contributed by atoms with Gasteiger partial charge in [-0.15, -0.1) is 0 Å². The van der Waals surface area contributed by atoms with E-state index in [1.807, 2.05) is 7.05 Å². The summed E-state index contributed by atoms with van der Waals surface area (Å²) in [7, 11) is 6.53. The van der Waals surface area contributed by atoms with Gasteiger partial charge in [0.05, 0.1) is 39.9 Å². The molecule has 0 aromatic heterocycles. The average Bonchev–Trinajstić information content (AvgIpc) is 2.82. The van der Waals surface area contributed by atoms with Crippen LogP contribution in [-0.2, 0) is 10.2 Å². The lowest BCUT2D eigenvalue weighted by Crippen LogP contribution is -2.45. The second-order valence-electron chi connectivity index (χ2n) is 9.30. The molecule has 1 aliphatic heterocycles.